The maximum atomic E-state index is 13.2. The molecule has 1 aromatic carbocycles. The van der Waals surface area contributed by atoms with Gasteiger partial charge in [-0.25, -0.2) is 0 Å². The van der Waals surface area contributed by atoms with Crippen molar-refractivity contribution >= 4 is 5.91 Å². The molecule has 1 fully saturated rings. The van der Waals surface area contributed by atoms with Crippen LogP contribution in [-0.2, 0) is 12.7 Å². The summed E-state index contributed by atoms with van der Waals surface area (Å²) in [6, 6.07) is 8.28. The number of piperazine rings is 1. The van der Waals surface area contributed by atoms with Gasteiger partial charge in [-0.1, -0.05) is 17.3 Å². The number of hydrogen-bond donors (Lipinski definition) is 0. The summed E-state index contributed by atoms with van der Waals surface area (Å²) in [6.45, 7) is 2.02. The summed E-state index contributed by atoms with van der Waals surface area (Å²) < 4.78 is 49.9. The minimum Gasteiger partial charge on any atom is -0.459 e. The highest BCUT2D eigenvalue weighted by atomic mass is 19.4. The van der Waals surface area contributed by atoms with Gasteiger partial charge in [0, 0.05) is 26.2 Å². The summed E-state index contributed by atoms with van der Waals surface area (Å²) in [7, 11) is 0. The lowest BCUT2D eigenvalue weighted by Crippen LogP contribution is -2.48. The van der Waals surface area contributed by atoms with E-state index in [1.807, 2.05) is 4.90 Å². The molecule has 4 rings (SSSR count). The molecule has 0 unspecified atom stereocenters. The van der Waals surface area contributed by atoms with Gasteiger partial charge in [0.05, 0.1) is 23.9 Å². The molecule has 1 saturated heterocycles. The van der Waals surface area contributed by atoms with E-state index in [4.69, 9.17) is 8.94 Å². The highest BCUT2D eigenvalue weighted by Gasteiger charge is 2.36. The Kier molecular flexibility index (Phi) is 5.10. The zero-order chi connectivity index (χ0) is 20.4. The molecule has 0 spiro atoms. The molecule has 1 aliphatic heterocycles. The van der Waals surface area contributed by atoms with Crippen LogP contribution in [0.1, 0.15) is 21.7 Å². The zero-order valence-electron chi connectivity index (χ0n) is 15.2. The van der Waals surface area contributed by atoms with Crippen LogP contribution >= 0.6 is 0 Å². The number of amides is 1. The average molecular weight is 406 g/mol. The monoisotopic (exact) mass is 406 g/mol. The lowest BCUT2D eigenvalue weighted by Gasteiger charge is -2.34. The lowest BCUT2D eigenvalue weighted by molar-refractivity contribution is -0.138. The van der Waals surface area contributed by atoms with Crippen molar-refractivity contribution in [3.05, 3.63) is 59.6 Å². The van der Waals surface area contributed by atoms with Crippen LogP contribution in [0, 0.1) is 0 Å². The fraction of sp³-hybridized carbons (Fsp3) is 0.316. The van der Waals surface area contributed by atoms with Gasteiger partial charge in [0.15, 0.2) is 11.6 Å². The highest BCUT2D eigenvalue weighted by molar-refractivity contribution is 5.96. The van der Waals surface area contributed by atoms with Crippen molar-refractivity contribution < 1.29 is 26.9 Å². The second-order valence-electron chi connectivity index (χ2n) is 6.60. The van der Waals surface area contributed by atoms with Gasteiger partial charge in [-0.15, -0.1) is 0 Å². The van der Waals surface area contributed by atoms with Crippen LogP contribution in [0.25, 0.3) is 11.7 Å². The van der Waals surface area contributed by atoms with E-state index in [9.17, 15) is 18.0 Å². The third-order valence-electron chi connectivity index (χ3n) is 4.69. The first-order valence-electron chi connectivity index (χ1n) is 8.96. The summed E-state index contributed by atoms with van der Waals surface area (Å²) in [6.07, 6.45) is -3.06. The largest absolute Gasteiger partial charge is 0.459 e. The number of carbonyl (C=O) groups excluding carboxylic acids is 1. The minimum atomic E-state index is -4.57. The Morgan fingerprint density at radius 2 is 1.83 bits per heavy atom. The molecule has 152 valence electrons. The zero-order valence-corrected chi connectivity index (χ0v) is 15.2. The van der Waals surface area contributed by atoms with Crippen LogP contribution in [0.4, 0.5) is 13.2 Å². The Morgan fingerprint density at radius 1 is 1.07 bits per heavy atom. The number of carbonyl (C=O) groups is 1. The first-order chi connectivity index (χ1) is 13.9. The van der Waals surface area contributed by atoms with Gasteiger partial charge in [0.1, 0.15) is 0 Å². The second-order valence-corrected chi connectivity index (χ2v) is 6.60. The van der Waals surface area contributed by atoms with Crippen molar-refractivity contribution in [2.24, 2.45) is 0 Å². The number of benzene rings is 1. The fourth-order valence-electron chi connectivity index (χ4n) is 3.21. The first-order valence-corrected chi connectivity index (χ1v) is 8.96. The number of furan rings is 1. The van der Waals surface area contributed by atoms with Gasteiger partial charge in [-0.3, -0.25) is 9.69 Å². The van der Waals surface area contributed by atoms with E-state index in [0.717, 1.165) is 6.07 Å². The quantitative estimate of drug-likeness (QED) is 0.662. The molecule has 0 N–H and O–H groups in total. The number of nitrogens with zero attached hydrogens (tertiary/aromatic N) is 4. The van der Waals surface area contributed by atoms with Crippen LogP contribution in [0.15, 0.2) is 51.6 Å². The van der Waals surface area contributed by atoms with E-state index in [0.29, 0.717) is 44.3 Å². The van der Waals surface area contributed by atoms with Crippen molar-refractivity contribution in [2.45, 2.75) is 12.7 Å². The molecule has 29 heavy (non-hydrogen) atoms. The van der Waals surface area contributed by atoms with Crippen molar-refractivity contribution in [3.63, 3.8) is 0 Å². The van der Waals surface area contributed by atoms with Crippen LogP contribution in [-0.4, -0.2) is 52.0 Å². The maximum absolute atomic E-state index is 13.2. The topological polar surface area (TPSA) is 75.6 Å². The molecule has 3 heterocycles. The number of hydrogen-bond acceptors (Lipinski definition) is 6. The van der Waals surface area contributed by atoms with E-state index in [1.54, 1.807) is 12.1 Å². The number of alkyl halides is 3. The van der Waals surface area contributed by atoms with Crippen molar-refractivity contribution in [3.8, 4) is 11.7 Å². The molecule has 1 amide bonds. The van der Waals surface area contributed by atoms with Gasteiger partial charge in [-0.05, 0) is 24.3 Å². The second kappa shape index (κ2) is 7.70. The summed E-state index contributed by atoms with van der Waals surface area (Å²) in [4.78, 5) is 20.3. The summed E-state index contributed by atoms with van der Waals surface area (Å²) in [5, 5.41) is 3.91. The summed E-state index contributed by atoms with van der Waals surface area (Å²) in [5.74, 6) is 0.612. The average Bonchev–Trinajstić information content (AvgIpc) is 3.39. The fourth-order valence-corrected chi connectivity index (χ4v) is 3.21. The normalized spacial score (nSPS) is 15.6. The van der Waals surface area contributed by atoms with Gasteiger partial charge in [-0.2, -0.15) is 18.2 Å². The summed E-state index contributed by atoms with van der Waals surface area (Å²) >= 11 is 0. The molecule has 0 aliphatic carbocycles. The van der Waals surface area contributed by atoms with E-state index in [-0.39, 0.29) is 11.5 Å². The van der Waals surface area contributed by atoms with Gasteiger partial charge in [0.2, 0.25) is 0 Å². The van der Waals surface area contributed by atoms with Crippen LogP contribution in [0.2, 0.25) is 0 Å². The van der Waals surface area contributed by atoms with Crippen LogP contribution < -0.4 is 0 Å². The van der Waals surface area contributed by atoms with Crippen molar-refractivity contribution in [1.29, 1.82) is 0 Å². The Morgan fingerprint density at radius 3 is 2.52 bits per heavy atom. The predicted molar refractivity (Wildman–Crippen MR) is 94.6 cm³/mol. The molecule has 1 aliphatic rings. The van der Waals surface area contributed by atoms with Crippen LogP contribution in [0.3, 0.4) is 0 Å². The van der Waals surface area contributed by atoms with Gasteiger partial charge in [0.25, 0.3) is 11.8 Å². The molecule has 7 nitrogen and oxygen atoms in total. The Labute approximate surface area is 163 Å². The van der Waals surface area contributed by atoms with Gasteiger partial charge >= 0.3 is 6.18 Å². The number of rotatable bonds is 4. The van der Waals surface area contributed by atoms with E-state index < -0.39 is 17.6 Å². The number of halogens is 3. The molecule has 10 heteroatoms. The van der Waals surface area contributed by atoms with Gasteiger partial charge < -0.3 is 13.8 Å². The Bertz CT molecular complexity index is 977. The lowest BCUT2D eigenvalue weighted by atomic mass is 10.1. The van der Waals surface area contributed by atoms with E-state index in [1.165, 1.54) is 29.4 Å². The number of aromatic nitrogens is 2. The summed E-state index contributed by atoms with van der Waals surface area (Å²) in [5.41, 5.74) is -1.24. The maximum Gasteiger partial charge on any atom is 0.417 e. The van der Waals surface area contributed by atoms with Crippen molar-refractivity contribution in [1.82, 2.24) is 19.9 Å². The Hall–Kier alpha value is -3.14. The molecule has 0 radical (unpaired) electrons. The molecule has 3 aromatic rings. The predicted octanol–water partition coefficient (Wildman–Crippen LogP) is 3.31. The third-order valence-corrected chi connectivity index (χ3v) is 4.69. The molecule has 0 saturated carbocycles. The molecular weight excluding hydrogens is 389 g/mol. The standard InChI is InChI=1S/C19H17F3N4O3/c20-19(21,22)14-5-2-1-4-13(14)18(27)26-9-7-25(8-10-26)12-16-23-17(29-24-16)15-6-3-11-28-15/h1-6,11H,7-10,12H2. The highest BCUT2D eigenvalue weighted by Crippen LogP contribution is 2.32. The SMILES string of the molecule is O=C(c1ccccc1C(F)(F)F)N1CCN(Cc2noc(-c3ccco3)n2)CC1. The van der Waals surface area contributed by atoms with Crippen LogP contribution in [0.5, 0.6) is 0 Å². The Balaban J connectivity index is 1.37. The molecular formula is C19H17F3N4O3. The smallest absolute Gasteiger partial charge is 0.417 e. The van der Waals surface area contributed by atoms with E-state index in [2.05, 4.69) is 10.1 Å². The first kappa shape index (κ1) is 19.2. The minimum absolute atomic E-state index is 0.280. The van der Waals surface area contributed by atoms with Crippen molar-refractivity contribution in [2.75, 3.05) is 26.2 Å². The molecule has 0 bridgehead atoms. The molecule has 0 atom stereocenters. The third kappa shape index (κ3) is 4.16. The van der Waals surface area contributed by atoms with E-state index >= 15 is 0 Å². The molecule has 2 aromatic heterocycles.